The molecule has 2 N–H and O–H groups in total. The van der Waals surface area contributed by atoms with Gasteiger partial charge in [0.15, 0.2) is 0 Å². The third kappa shape index (κ3) is 3.90. The molecule has 0 bridgehead atoms. The topological polar surface area (TPSA) is 55.6 Å². The van der Waals surface area contributed by atoms with Crippen molar-refractivity contribution < 1.29 is 9.53 Å². The second-order valence-corrected chi connectivity index (χ2v) is 5.84. The molecule has 1 aromatic carbocycles. The lowest BCUT2D eigenvalue weighted by Crippen LogP contribution is -2.27. The number of anilines is 2. The molecule has 0 atom stereocenters. The van der Waals surface area contributed by atoms with Gasteiger partial charge in [-0.05, 0) is 37.8 Å². The summed E-state index contributed by atoms with van der Waals surface area (Å²) in [5.41, 5.74) is 8.09. The van der Waals surface area contributed by atoms with Crippen molar-refractivity contribution in [3.05, 3.63) is 23.8 Å². The van der Waals surface area contributed by atoms with E-state index in [2.05, 4.69) is 11.9 Å². The van der Waals surface area contributed by atoms with Gasteiger partial charge < -0.3 is 15.4 Å². The van der Waals surface area contributed by atoms with Crippen LogP contribution in [0.1, 0.15) is 49.4 Å². The van der Waals surface area contributed by atoms with E-state index in [0.29, 0.717) is 17.9 Å². The molecule has 1 aromatic rings. The van der Waals surface area contributed by atoms with Crippen molar-refractivity contribution in [1.82, 2.24) is 0 Å². The van der Waals surface area contributed by atoms with E-state index in [0.717, 1.165) is 18.2 Å². The van der Waals surface area contributed by atoms with Crippen molar-refractivity contribution in [2.24, 2.45) is 5.92 Å². The standard InChI is InChI=1S/C17H26N2O2/c1-3-21-17(20)14-10-7-11-15(16(14)18)19(2)12-13-8-5-4-6-9-13/h7,10-11,13H,3-6,8-9,12,18H2,1-2H3. The van der Waals surface area contributed by atoms with Crippen molar-refractivity contribution in [3.63, 3.8) is 0 Å². The van der Waals surface area contributed by atoms with Gasteiger partial charge >= 0.3 is 5.97 Å². The molecule has 1 aliphatic rings. The zero-order chi connectivity index (χ0) is 15.2. The van der Waals surface area contributed by atoms with Crippen molar-refractivity contribution in [3.8, 4) is 0 Å². The van der Waals surface area contributed by atoms with E-state index in [4.69, 9.17) is 10.5 Å². The van der Waals surface area contributed by atoms with Crippen LogP contribution < -0.4 is 10.6 Å². The minimum Gasteiger partial charge on any atom is -0.462 e. The number of benzene rings is 1. The average molecular weight is 290 g/mol. The number of hydrogen-bond donors (Lipinski definition) is 1. The number of nitrogen functional groups attached to an aromatic ring is 1. The van der Waals surface area contributed by atoms with Gasteiger partial charge in [-0.15, -0.1) is 0 Å². The molecule has 4 nitrogen and oxygen atoms in total. The van der Waals surface area contributed by atoms with Crippen LogP contribution in [-0.4, -0.2) is 26.2 Å². The summed E-state index contributed by atoms with van der Waals surface area (Å²) in [6.07, 6.45) is 6.61. The summed E-state index contributed by atoms with van der Waals surface area (Å²) in [5.74, 6) is 0.386. The highest BCUT2D eigenvalue weighted by molar-refractivity contribution is 5.98. The highest BCUT2D eigenvalue weighted by Crippen LogP contribution is 2.30. The number of carbonyl (C=O) groups is 1. The fourth-order valence-corrected chi connectivity index (χ4v) is 3.13. The highest BCUT2D eigenvalue weighted by Gasteiger charge is 2.19. The normalized spacial score (nSPS) is 15.7. The predicted molar refractivity (Wildman–Crippen MR) is 86.7 cm³/mol. The summed E-state index contributed by atoms with van der Waals surface area (Å²) in [5, 5.41) is 0. The molecule has 1 aliphatic carbocycles. The van der Waals surface area contributed by atoms with Gasteiger partial charge in [-0.2, -0.15) is 0 Å². The lowest BCUT2D eigenvalue weighted by Gasteiger charge is -2.29. The van der Waals surface area contributed by atoms with Crippen LogP contribution >= 0.6 is 0 Å². The lowest BCUT2D eigenvalue weighted by molar-refractivity contribution is 0.0527. The second-order valence-electron chi connectivity index (χ2n) is 5.84. The first-order valence-corrected chi connectivity index (χ1v) is 7.90. The summed E-state index contributed by atoms with van der Waals surface area (Å²) in [4.78, 5) is 14.1. The second kappa shape index (κ2) is 7.34. The summed E-state index contributed by atoms with van der Waals surface area (Å²) in [6.45, 7) is 3.16. The average Bonchev–Trinajstić information content (AvgIpc) is 2.48. The minimum absolute atomic E-state index is 0.345. The molecule has 4 heteroatoms. The highest BCUT2D eigenvalue weighted by atomic mass is 16.5. The Balaban J connectivity index is 2.11. The number of carbonyl (C=O) groups excluding carboxylic acids is 1. The molecule has 0 radical (unpaired) electrons. The number of para-hydroxylation sites is 1. The largest absolute Gasteiger partial charge is 0.462 e. The van der Waals surface area contributed by atoms with Crippen molar-refractivity contribution in [2.75, 3.05) is 30.8 Å². The van der Waals surface area contributed by atoms with Crippen LogP contribution in [0.2, 0.25) is 0 Å². The number of nitrogens with two attached hydrogens (primary N) is 1. The summed E-state index contributed by atoms with van der Waals surface area (Å²) >= 11 is 0. The Kier molecular flexibility index (Phi) is 5.48. The predicted octanol–water partition coefficient (Wildman–Crippen LogP) is 3.46. The number of rotatable bonds is 5. The molecule has 21 heavy (non-hydrogen) atoms. The zero-order valence-electron chi connectivity index (χ0n) is 13.1. The summed E-state index contributed by atoms with van der Waals surface area (Å²) in [7, 11) is 2.05. The number of nitrogens with zero attached hydrogens (tertiary/aromatic N) is 1. The molecule has 1 fully saturated rings. The van der Waals surface area contributed by atoms with Crippen LogP contribution in [0.15, 0.2) is 18.2 Å². The van der Waals surface area contributed by atoms with Gasteiger partial charge in [0.05, 0.1) is 23.5 Å². The number of esters is 1. The van der Waals surface area contributed by atoms with Gasteiger partial charge in [-0.1, -0.05) is 25.3 Å². The Morgan fingerprint density at radius 2 is 2.05 bits per heavy atom. The van der Waals surface area contributed by atoms with Crippen LogP contribution in [0.4, 0.5) is 11.4 Å². The molecule has 0 saturated heterocycles. The molecule has 0 aliphatic heterocycles. The van der Waals surface area contributed by atoms with Crippen molar-refractivity contribution in [2.45, 2.75) is 39.0 Å². The third-order valence-electron chi connectivity index (χ3n) is 4.25. The van der Waals surface area contributed by atoms with Crippen molar-refractivity contribution in [1.29, 1.82) is 0 Å². The van der Waals surface area contributed by atoms with E-state index >= 15 is 0 Å². The Bertz CT molecular complexity index is 482. The molecular weight excluding hydrogens is 264 g/mol. The van der Waals surface area contributed by atoms with Crippen LogP contribution in [0.25, 0.3) is 0 Å². The van der Waals surface area contributed by atoms with Gasteiger partial charge in [0, 0.05) is 13.6 Å². The first kappa shape index (κ1) is 15.7. The molecule has 1 saturated carbocycles. The maximum absolute atomic E-state index is 11.9. The monoisotopic (exact) mass is 290 g/mol. The van der Waals surface area contributed by atoms with Crippen LogP contribution in [0.3, 0.4) is 0 Å². The van der Waals surface area contributed by atoms with Gasteiger partial charge in [0.2, 0.25) is 0 Å². The zero-order valence-corrected chi connectivity index (χ0v) is 13.1. The van der Waals surface area contributed by atoms with Crippen molar-refractivity contribution >= 4 is 17.3 Å². The summed E-state index contributed by atoms with van der Waals surface area (Å²) < 4.78 is 5.06. The molecule has 0 unspecified atom stereocenters. The first-order valence-electron chi connectivity index (χ1n) is 7.90. The van der Waals surface area contributed by atoms with Gasteiger partial charge in [0.25, 0.3) is 0 Å². The summed E-state index contributed by atoms with van der Waals surface area (Å²) in [6, 6.07) is 5.57. The molecule has 0 amide bonds. The van der Waals surface area contributed by atoms with E-state index in [9.17, 15) is 4.79 Å². The maximum atomic E-state index is 11.9. The fourth-order valence-electron chi connectivity index (χ4n) is 3.13. The Morgan fingerprint density at radius 3 is 2.71 bits per heavy atom. The molecule has 116 valence electrons. The molecule has 0 spiro atoms. The van der Waals surface area contributed by atoms with Gasteiger partial charge in [0.1, 0.15) is 0 Å². The fraction of sp³-hybridized carbons (Fsp3) is 0.588. The van der Waals surface area contributed by atoms with Gasteiger partial charge in [-0.3, -0.25) is 0 Å². The van der Waals surface area contributed by atoms with Crippen LogP contribution in [0, 0.1) is 5.92 Å². The molecule has 0 heterocycles. The first-order chi connectivity index (χ1) is 10.1. The smallest absolute Gasteiger partial charge is 0.340 e. The molecule has 2 rings (SSSR count). The molecule has 0 aromatic heterocycles. The Labute approximate surface area is 127 Å². The van der Waals surface area contributed by atoms with E-state index < -0.39 is 0 Å². The van der Waals surface area contributed by atoms with Gasteiger partial charge in [-0.25, -0.2) is 4.79 Å². The lowest BCUT2D eigenvalue weighted by atomic mass is 9.89. The van der Waals surface area contributed by atoms with E-state index in [1.165, 1.54) is 32.1 Å². The van der Waals surface area contributed by atoms with E-state index in [1.807, 2.05) is 12.1 Å². The molecular formula is C17H26N2O2. The quantitative estimate of drug-likeness (QED) is 0.666. The Hall–Kier alpha value is -1.71. The van der Waals surface area contributed by atoms with Crippen LogP contribution in [0.5, 0.6) is 0 Å². The SMILES string of the molecule is CCOC(=O)c1cccc(N(C)CC2CCCCC2)c1N. The van der Waals surface area contributed by atoms with E-state index in [-0.39, 0.29) is 5.97 Å². The maximum Gasteiger partial charge on any atom is 0.340 e. The Morgan fingerprint density at radius 1 is 1.33 bits per heavy atom. The number of ether oxygens (including phenoxy) is 1. The minimum atomic E-state index is -0.345. The van der Waals surface area contributed by atoms with Crippen LogP contribution in [-0.2, 0) is 4.74 Å². The number of hydrogen-bond acceptors (Lipinski definition) is 4. The van der Waals surface area contributed by atoms with E-state index in [1.54, 1.807) is 13.0 Å². The third-order valence-corrected chi connectivity index (χ3v) is 4.25.